The van der Waals surface area contributed by atoms with Gasteiger partial charge in [0, 0.05) is 11.5 Å². The molecule has 2 aromatic rings. The van der Waals surface area contributed by atoms with E-state index in [0.29, 0.717) is 11.3 Å². The minimum Gasteiger partial charge on any atom is -0.491 e. The van der Waals surface area contributed by atoms with Crippen LogP contribution in [-0.4, -0.2) is 33.9 Å². The molecule has 2 aromatic carbocycles. The lowest BCUT2D eigenvalue weighted by Gasteiger charge is -2.17. The first kappa shape index (κ1) is 22.6. The van der Waals surface area contributed by atoms with Gasteiger partial charge in [-0.3, -0.25) is 4.18 Å². The van der Waals surface area contributed by atoms with Crippen molar-refractivity contribution in [2.45, 2.75) is 26.4 Å². The lowest BCUT2D eigenvalue weighted by Crippen LogP contribution is -2.12. The largest absolute Gasteiger partial charge is 0.491 e. The van der Waals surface area contributed by atoms with E-state index in [-0.39, 0.29) is 25.7 Å². The highest BCUT2D eigenvalue weighted by atomic mass is 32.2. The van der Waals surface area contributed by atoms with Crippen LogP contribution in [0.25, 0.3) is 0 Å². The Labute approximate surface area is 172 Å². The second-order valence-corrected chi connectivity index (χ2v) is 8.42. The number of hydrogen-bond donors (Lipinski definition) is 0. The summed E-state index contributed by atoms with van der Waals surface area (Å²) in [6, 6.07) is 15.6. The summed E-state index contributed by atoms with van der Waals surface area (Å²) >= 11 is 0. The Morgan fingerprint density at radius 1 is 1.07 bits per heavy atom. The van der Waals surface area contributed by atoms with Gasteiger partial charge in [0.15, 0.2) is 0 Å². The van der Waals surface area contributed by atoms with E-state index in [1.165, 1.54) is 0 Å². The quantitative estimate of drug-likeness (QED) is 0.253. The summed E-state index contributed by atoms with van der Waals surface area (Å²) in [6.07, 6.45) is 0.989. The third kappa shape index (κ3) is 7.71. The van der Waals surface area contributed by atoms with Crippen LogP contribution in [0, 0.1) is 0 Å². The normalized spacial score (nSPS) is 12.2. The average molecular weight is 419 g/mol. The minimum absolute atomic E-state index is 0.0707. The molecule has 0 N–H and O–H groups in total. The second-order valence-electron chi connectivity index (χ2n) is 6.77. The van der Waals surface area contributed by atoms with Crippen LogP contribution in [0.15, 0.2) is 60.7 Å². The molecule has 0 aliphatic heterocycles. The Morgan fingerprint density at radius 2 is 1.76 bits per heavy atom. The van der Waals surface area contributed by atoms with Gasteiger partial charge in [0.05, 0.1) is 6.26 Å². The third-order valence-electron chi connectivity index (χ3n) is 4.16. The molecule has 0 spiro atoms. The highest BCUT2D eigenvalue weighted by Crippen LogP contribution is 2.29. The van der Waals surface area contributed by atoms with Crippen molar-refractivity contribution in [3.05, 3.63) is 77.4 Å². The molecule has 0 radical (unpaired) electrons. The van der Waals surface area contributed by atoms with Crippen molar-refractivity contribution in [1.82, 2.24) is 0 Å². The first-order valence-electron chi connectivity index (χ1n) is 9.14. The molecule has 6 nitrogen and oxygen atoms in total. The van der Waals surface area contributed by atoms with E-state index in [1.807, 2.05) is 42.5 Å². The molecule has 7 heteroatoms. The second kappa shape index (κ2) is 10.2. The lowest BCUT2D eigenvalue weighted by atomic mass is 9.92. The summed E-state index contributed by atoms with van der Waals surface area (Å²) in [5, 5.41) is 0. The van der Waals surface area contributed by atoms with Crippen molar-refractivity contribution in [2.75, 3.05) is 19.5 Å². The first-order chi connectivity index (χ1) is 13.7. The van der Waals surface area contributed by atoms with E-state index in [2.05, 4.69) is 13.5 Å². The van der Waals surface area contributed by atoms with Crippen molar-refractivity contribution < 1.29 is 26.9 Å². The average Bonchev–Trinajstić information content (AvgIpc) is 2.68. The molecule has 0 aliphatic rings. The molecule has 2 rings (SSSR count). The van der Waals surface area contributed by atoms with E-state index in [1.54, 1.807) is 13.0 Å². The topological polar surface area (TPSA) is 78.9 Å². The molecule has 0 saturated heterocycles. The Morgan fingerprint density at radius 3 is 2.38 bits per heavy atom. The highest BCUT2D eigenvalue weighted by Gasteiger charge is 2.13. The molecule has 1 unspecified atom stereocenters. The van der Waals surface area contributed by atoms with Gasteiger partial charge in [-0.15, -0.1) is 0 Å². The maximum Gasteiger partial charge on any atom is 0.333 e. The number of esters is 1. The molecule has 0 saturated carbocycles. The number of rotatable bonds is 10. The van der Waals surface area contributed by atoms with Crippen LogP contribution in [0.3, 0.4) is 0 Å². The summed E-state index contributed by atoms with van der Waals surface area (Å²) in [5.74, 6) is 0.168. The van der Waals surface area contributed by atoms with Crippen molar-refractivity contribution >= 4 is 16.1 Å². The number of carbonyl (C=O) groups is 1. The molecule has 0 heterocycles. The van der Waals surface area contributed by atoms with Crippen LogP contribution in [0.2, 0.25) is 0 Å². The van der Waals surface area contributed by atoms with Gasteiger partial charge in [-0.25, -0.2) is 4.79 Å². The van der Waals surface area contributed by atoms with Gasteiger partial charge < -0.3 is 9.47 Å². The predicted molar refractivity (Wildman–Crippen MR) is 111 cm³/mol. The van der Waals surface area contributed by atoms with Crippen molar-refractivity contribution in [1.29, 1.82) is 0 Å². The summed E-state index contributed by atoms with van der Waals surface area (Å²) < 4.78 is 37.8. The van der Waals surface area contributed by atoms with Gasteiger partial charge in [-0.2, -0.15) is 8.42 Å². The fourth-order valence-electron chi connectivity index (χ4n) is 2.65. The molecule has 0 aromatic heterocycles. The number of hydrogen-bond acceptors (Lipinski definition) is 6. The monoisotopic (exact) mass is 418 g/mol. The van der Waals surface area contributed by atoms with Gasteiger partial charge in [0.1, 0.15) is 25.6 Å². The fraction of sp³-hybridized carbons (Fsp3) is 0.318. The summed E-state index contributed by atoms with van der Waals surface area (Å²) in [7, 11) is -3.52. The minimum atomic E-state index is -3.52. The molecule has 156 valence electrons. The Kier molecular flexibility index (Phi) is 7.99. The molecular weight excluding hydrogens is 392 g/mol. The summed E-state index contributed by atoms with van der Waals surface area (Å²) in [4.78, 5) is 11.7. The van der Waals surface area contributed by atoms with E-state index in [9.17, 15) is 13.2 Å². The molecule has 0 fully saturated rings. The molecular formula is C22H26O6S. The van der Waals surface area contributed by atoms with Crippen molar-refractivity contribution in [2.24, 2.45) is 0 Å². The zero-order chi connectivity index (χ0) is 21.4. The van der Waals surface area contributed by atoms with Crippen LogP contribution in [0.1, 0.15) is 36.5 Å². The third-order valence-corrected chi connectivity index (χ3v) is 4.75. The van der Waals surface area contributed by atoms with Gasteiger partial charge in [0.2, 0.25) is 0 Å². The Balaban J connectivity index is 2.20. The van der Waals surface area contributed by atoms with Crippen molar-refractivity contribution in [3.8, 4) is 5.75 Å². The van der Waals surface area contributed by atoms with E-state index >= 15 is 0 Å². The van der Waals surface area contributed by atoms with E-state index in [4.69, 9.17) is 13.7 Å². The van der Waals surface area contributed by atoms with Gasteiger partial charge in [-0.05, 0) is 35.7 Å². The van der Waals surface area contributed by atoms with Gasteiger partial charge in [-0.1, -0.05) is 49.9 Å². The zero-order valence-electron chi connectivity index (χ0n) is 16.9. The highest BCUT2D eigenvalue weighted by molar-refractivity contribution is 7.85. The molecule has 1 atom stereocenters. The predicted octanol–water partition coefficient (Wildman–Crippen LogP) is 3.81. The fourth-order valence-corrected chi connectivity index (χ4v) is 3.02. The smallest absolute Gasteiger partial charge is 0.333 e. The van der Waals surface area contributed by atoms with E-state index < -0.39 is 16.1 Å². The standard InChI is InChI=1S/C22H26O6S/c1-16(2)22(23)27-15-18-12-20(17(3)19-8-6-5-7-9-19)14-21(13-18)26-10-11-28-29(4,24)25/h5-9,12-14,17H,1,10-11,15H2,2-4H3. The molecule has 0 bridgehead atoms. The van der Waals surface area contributed by atoms with Crippen molar-refractivity contribution in [3.63, 3.8) is 0 Å². The van der Waals surface area contributed by atoms with Gasteiger partial charge >= 0.3 is 5.97 Å². The Bertz CT molecular complexity index is 951. The summed E-state index contributed by atoms with van der Waals surface area (Å²) in [5.41, 5.74) is 3.21. The number of carbonyl (C=O) groups excluding carboxylic acids is 1. The molecule has 0 aliphatic carbocycles. The molecule has 29 heavy (non-hydrogen) atoms. The Hall–Kier alpha value is -2.64. The van der Waals surface area contributed by atoms with Crippen LogP contribution in [0.4, 0.5) is 0 Å². The van der Waals surface area contributed by atoms with Gasteiger partial charge in [0.25, 0.3) is 10.1 Å². The van der Waals surface area contributed by atoms with Crippen LogP contribution >= 0.6 is 0 Å². The maximum absolute atomic E-state index is 11.7. The first-order valence-corrected chi connectivity index (χ1v) is 11.0. The SMILES string of the molecule is C=C(C)C(=O)OCc1cc(OCCOS(C)(=O)=O)cc(C(C)c2ccccc2)c1. The van der Waals surface area contributed by atoms with Crippen LogP contribution < -0.4 is 4.74 Å². The maximum atomic E-state index is 11.7. The number of benzene rings is 2. The van der Waals surface area contributed by atoms with E-state index in [0.717, 1.165) is 22.9 Å². The lowest BCUT2D eigenvalue weighted by molar-refractivity contribution is -0.140. The van der Waals surface area contributed by atoms with Crippen LogP contribution in [-0.2, 0) is 30.4 Å². The zero-order valence-corrected chi connectivity index (χ0v) is 17.7. The summed E-state index contributed by atoms with van der Waals surface area (Å²) in [6.45, 7) is 7.31. The number of ether oxygens (including phenoxy) is 2. The van der Waals surface area contributed by atoms with Crippen LogP contribution in [0.5, 0.6) is 5.75 Å². The molecule has 0 amide bonds.